The number of sulfonamides is 1. The van der Waals surface area contributed by atoms with Gasteiger partial charge in [-0.3, -0.25) is 4.68 Å². The van der Waals surface area contributed by atoms with Crippen LogP contribution in [0.4, 0.5) is 0 Å². The standard InChI is InChI=1S/C14H26N4O2S/c1-10(2)18(9-13-7-6-8-15-13)21(19,20)14-11(3)16-17(5)12(14)4/h10,13,15H,6-9H2,1-5H3. The average molecular weight is 314 g/mol. The van der Waals surface area contributed by atoms with Gasteiger partial charge in [-0.15, -0.1) is 0 Å². The van der Waals surface area contributed by atoms with Crippen LogP contribution in [0.5, 0.6) is 0 Å². The lowest BCUT2D eigenvalue weighted by molar-refractivity contribution is 0.322. The predicted octanol–water partition coefficient (Wildman–Crippen LogP) is 1.19. The molecule has 1 atom stereocenters. The summed E-state index contributed by atoms with van der Waals surface area (Å²) in [7, 11) is -1.74. The first-order valence-electron chi connectivity index (χ1n) is 7.50. The molecule has 0 aromatic carbocycles. The SMILES string of the molecule is Cc1nn(C)c(C)c1S(=O)(=O)N(CC1CCCN1)C(C)C. The van der Waals surface area contributed by atoms with Gasteiger partial charge in [0, 0.05) is 25.7 Å². The van der Waals surface area contributed by atoms with E-state index in [0.717, 1.165) is 19.4 Å². The molecule has 0 amide bonds. The van der Waals surface area contributed by atoms with E-state index in [0.29, 0.717) is 22.8 Å². The van der Waals surface area contributed by atoms with Crippen molar-refractivity contribution in [3.63, 3.8) is 0 Å². The normalized spacial score (nSPS) is 19.9. The summed E-state index contributed by atoms with van der Waals surface area (Å²) in [6, 6.07) is 0.177. The highest BCUT2D eigenvalue weighted by molar-refractivity contribution is 7.89. The molecule has 1 aliphatic heterocycles. The van der Waals surface area contributed by atoms with E-state index >= 15 is 0 Å². The molecule has 1 unspecified atom stereocenters. The fourth-order valence-electron chi connectivity index (χ4n) is 2.96. The monoisotopic (exact) mass is 314 g/mol. The topological polar surface area (TPSA) is 67.2 Å². The molecular weight excluding hydrogens is 288 g/mol. The lowest BCUT2D eigenvalue weighted by atomic mass is 10.2. The molecule has 0 saturated carbocycles. The Hall–Kier alpha value is -0.920. The maximum absolute atomic E-state index is 13.1. The van der Waals surface area contributed by atoms with Gasteiger partial charge in [0.15, 0.2) is 0 Å². The second kappa shape index (κ2) is 6.06. The van der Waals surface area contributed by atoms with Gasteiger partial charge in [0.1, 0.15) is 4.90 Å². The van der Waals surface area contributed by atoms with E-state index in [-0.39, 0.29) is 12.1 Å². The molecule has 1 aliphatic rings. The molecule has 2 rings (SSSR count). The smallest absolute Gasteiger partial charge is 0.247 e. The van der Waals surface area contributed by atoms with Gasteiger partial charge in [-0.05, 0) is 47.1 Å². The molecule has 0 aliphatic carbocycles. The molecule has 0 radical (unpaired) electrons. The highest BCUT2D eigenvalue weighted by Crippen LogP contribution is 2.25. The average Bonchev–Trinajstić information content (AvgIpc) is 2.95. The minimum atomic E-state index is -3.52. The first kappa shape index (κ1) is 16.5. The first-order valence-corrected chi connectivity index (χ1v) is 8.94. The summed E-state index contributed by atoms with van der Waals surface area (Å²) in [6.07, 6.45) is 2.14. The molecule has 0 spiro atoms. The van der Waals surface area contributed by atoms with E-state index in [9.17, 15) is 8.42 Å². The van der Waals surface area contributed by atoms with Gasteiger partial charge in [-0.25, -0.2) is 8.42 Å². The minimum absolute atomic E-state index is 0.0728. The molecule has 0 bridgehead atoms. The van der Waals surface area contributed by atoms with Crippen LogP contribution in [0.3, 0.4) is 0 Å². The number of aryl methyl sites for hydroxylation is 2. The van der Waals surface area contributed by atoms with Crippen molar-refractivity contribution in [2.45, 2.75) is 57.5 Å². The Kier molecular flexibility index (Phi) is 4.75. The van der Waals surface area contributed by atoms with Crippen molar-refractivity contribution in [2.75, 3.05) is 13.1 Å². The largest absolute Gasteiger partial charge is 0.313 e. The van der Waals surface area contributed by atoms with Crippen LogP contribution >= 0.6 is 0 Å². The van der Waals surface area contributed by atoms with Crippen LogP contribution in [-0.4, -0.2) is 47.7 Å². The maximum atomic E-state index is 13.1. The van der Waals surface area contributed by atoms with E-state index in [2.05, 4.69) is 10.4 Å². The van der Waals surface area contributed by atoms with Crippen molar-refractivity contribution in [2.24, 2.45) is 7.05 Å². The zero-order valence-corrected chi connectivity index (χ0v) is 14.4. The van der Waals surface area contributed by atoms with Gasteiger partial charge < -0.3 is 5.32 Å². The van der Waals surface area contributed by atoms with Gasteiger partial charge in [-0.2, -0.15) is 9.40 Å². The van der Waals surface area contributed by atoms with Crippen molar-refractivity contribution in [3.05, 3.63) is 11.4 Å². The predicted molar refractivity (Wildman–Crippen MR) is 82.7 cm³/mol. The van der Waals surface area contributed by atoms with E-state index in [1.165, 1.54) is 0 Å². The first-order chi connectivity index (χ1) is 9.75. The van der Waals surface area contributed by atoms with E-state index in [1.54, 1.807) is 29.9 Å². The van der Waals surface area contributed by atoms with Crippen molar-refractivity contribution < 1.29 is 8.42 Å². The van der Waals surface area contributed by atoms with Crippen molar-refractivity contribution >= 4 is 10.0 Å². The third-order valence-electron chi connectivity index (χ3n) is 4.15. The third-order valence-corrected chi connectivity index (χ3v) is 6.44. The summed E-state index contributed by atoms with van der Waals surface area (Å²) in [4.78, 5) is 0.358. The number of hydrogen-bond acceptors (Lipinski definition) is 4. The highest BCUT2D eigenvalue weighted by atomic mass is 32.2. The molecule has 2 heterocycles. The molecular formula is C14H26N4O2S. The molecule has 6 nitrogen and oxygen atoms in total. The van der Waals surface area contributed by atoms with Crippen LogP contribution in [0.25, 0.3) is 0 Å². The fraction of sp³-hybridized carbons (Fsp3) is 0.786. The summed E-state index contributed by atoms with van der Waals surface area (Å²) in [5.74, 6) is 0. The van der Waals surface area contributed by atoms with Crippen molar-refractivity contribution in [1.82, 2.24) is 19.4 Å². The van der Waals surface area contributed by atoms with Gasteiger partial charge in [0.2, 0.25) is 10.0 Å². The van der Waals surface area contributed by atoms with Gasteiger partial charge in [-0.1, -0.05) is 0 Å². The van der Waals surface area contributed by atoms with Gasteiger partial charge in [0.05, 0.1) is 11.4 Å². The fourth-order valence-corrected chi connectivity index (χ4v) is 5.05. The van der Waals surface area contributed by atoms with Crippen molar-refractivity contribution in [1.29, 1.82) is 0 Å². The molecule has 1 aromatic rings. The molecule has 21 heavy (non-hydrogen) atoms. The Morgan fingerprint density at radius 3 is 2.52 bits per heavy atom. The Labute approximate surface area is 127 Å². The summed E-state index contributed by atoms with van der Waals surface area (Å²) >= 11 is 0. The number of nitrogens with zero attached hydrogens (tertiary/aromatic N) is 3. The Bertz CT molecular complexity index is 601. The Balaban J connectivity index is 2.37. The van der Waals surface area contributed by atoms with Crippen LogP contribution in [0.1, 0.15) is 38.1 Å². The Morgan fingerprint density at radius 2 is 2.10 bits per heavy atom. The van der Waals surface area contributed by atoms with E-state index < -0.39 is 10.0 Å². The highest BCUT2D eigenvalue weighted by Gasteiger charge is 2.34. The lowest BCUT2D eigenvalue weighted by Gasteiger charge is -2.28. The second-order valence-electron chi connectivity index (χ2n) is 6.09. The summed E-state index contributed by atoms with van der Waals surface area (Å²) in [5.41, 5.74) is 1.26. The zero-order chi connectivity index (χ0) is 15.8. The molecule has 1 saturated heterocycles. The summed E-state index contributed by atoms with van der Waals surface area (Å²) in [5, 5.41) is 7.62. The number of nitrogens with one attached hydrogen (secondary N) is 1. The van der Waals surface area contributed by atoms with Crippen LogP contribution in [0.15, 0.2) is 4.90 Å². The molecule has 7 heteroatoms. The number of aromatic nitrogens is 2. The van der Waals surface area contributed by atoms with Crippen LogP contribution < -0.4 is 5.32 Å². The number of rotatable bonds is 5. The van der Waals surface area contributed by atoms with E-state index in [4.69, 9.17) is 0 Å². The minimum Gasteiger partial charge on any atom is -0.313 e. The van der Waals surface area contributed by atoms with Crippen LogP contribution in [-0.2, 0) is 17.1 Å². The summed E-state index contributed by atoms with van der Waals surface area (Å²) in [6.45, 7) is 8.90. The lowest BCUT2D eigenvalue weighted by Crippen LogP contribution is -2.44. The van der Waals surface area contributed by atoms with Crippen LogP contribution in [0, 0.1) is 13.8 Å². The van der Waals surface area contributed by atoms with Crippen LogP contribution in [0.2, 0.25) is 0 Å². The quantitative estimate of drug-likeness (QED) is 0.886. The second-order valence-corrected chi connectivity index (χ2v) is 7.91. The molecule has 1 N–H and O–H groups in total. The van der Waals surface area contributed by atoms with Gasteiger partial charge in [0.25, 0.3) is 0 Å². The molecule has 120 valence electrons. The molecule has 1 aromatic heterocycles. The van der Waals surface area contributed by atoms with E-state index in [1.807, 2.05) is 13.8 Å². The Morgan fingerprint density at radius 1 is 1.43 bits per heavy atom. The maximum Gasteiger partial charge on any atom is 0.247 e. The number of hydrogen-bond donors (Lipinski definition) is 1. The zero-order valence-electron chi connectivity index (χ0n) is 13.5. The third kappa shape index (κ3) is 3.14. The molecule has 1 fully saturated rings. The van der Waals surface area contributed by atoms with Gasteiger partial charge >= 0.3 is 0 Å². The van der Waals surface area contributed by atoms with Crippen molar-refractivity contribution in [3.8, 4) is 0 Å². The summed E-state index contributed by atoms with van der Waals surface area (Å²) < 4.78 is 29.4.